The molecule has 0 amide bonds. The van der Waals surface area contributed by atoms with Crippen molar-refractivity contribution in [3.8, 4) is 0 Å². The third kappa shape index (κ3) is 2.40. The summed E-state index contributed by atoms with van der Waals surface area (Å²) in [5.74, 6) is -0.798. The number of carbonyl (C=O) groups is 1. The van der Waals surface area contributed by atoms with E-state index in [-0.39, 0.29) is 18.1 Å². The quantitative estimate of drug-likeness (QED) is 0.887. The number of carboxylic acid groups (broad SMARTS) is 1. The first kappa shape index (κ1) is 13.7. The van der Waals surface area contributed by atoms with E-state index in [2.05, 4.69) is 10.3 Å². The van der Waals surface area contributed by atoms with E-state index in [4.69, 9.17) is 0 Å². The van der Waals surface area contributed by atoms with Crippen molar-refractivity contribution in [2.45, 2.75) is 26.1 Å². The molecule has 0 spiro atoms. The maximum atomic E-state index is 12.4. The molecule has 0 saturated carbocycles. The summed E-state index contributed by atoms with van der Waals surface area (Å²) in [4.78, 5) is 25.5. The van der Waals surface area contributed by atoms with E-state index in [1.807, 2.05) is 6.92 Å². The maximum absolute atomic E-state index is 12.4. The minimum Gasteiger partial charge on any atom is -0.480 e. The minimum absolute atomic E-state index is 0.0617. The lowest BCUT2D eigenvalue weighted by molar-refractivity contribution is -0.144. The first-order valence-corrected chi connectivity index (χ1v) is 6.87. The van der Waals surface area contributed by atoms with E-state index in [0.29, 0.717) is 17.4 Å². The lowest BCUT2D eigenvalue weighted by Gasteiger charge is -2.22. The molecule has 0 radical (unpaired) electrons. The van der Waals surface area contributed by atoms with Gasteiger partial charge in [0.1, 0.15) is 11.6 Å². The molecule has 3 rings (SSSR count). The van der Waals surface area contributed by atoms with Crippen LogP contribution >= 0.6 is 0 Å². The number of carboxylic acids is 1. The molecule has 0 bridgehead atoms. The number of fused-ring (bicyclic) bond motifs is 1. The summed E-state index contributed by atoms with van der Waals surface area (Å²) in [5.41, 5.74) is 0.299. The summed E-state index contributed by atoms with van der Waals surface area (Å²) in [5, 5.41) is 17.7. The monoisotopic (exact) mass is 288 g/mol. The van der Waals surface area contributed by atoms with Gasteiger partial charge in [0.15, 0.2) is 0 Å². The highest BCUT2D eigenvalue weighted by molar-refractivity contribution is 5.76. The van der Waals surface area contributed by atoms with E-state index in [1.165, 1.54) is 4.68 Å². The van der Waals surface area contributed by atoms with Gasteiger partial charge in [-0.2, -0.15) is 4.68 Å². The molecular formula is C14H16N4O3. The summed E-state index contributed by atoms with van der Waals surface area (Å²) >= 11 is 0. The molecule has 1 aliphatic heterocycles. The number of hydrogen-bond acceptors (Lipinski definition) is 5. The van der Waals surface area contributed by atoms with Crippen LogP contribution in [-0.2, 0) is 11.5 Å². The minimum atomic E-state index is -0.859. The van der Waals surface area contributed by atoms with Gasteiger partial charge < -0.3 is 5.11 Å². The molecule has 7 heteroatoms. The van der Waals surface area contributed by atoms with E-state index in [0.717, 1.165) is 6.42 Å². The fraction of sp³-hybridized carbons (Fsp3) is 0.429. The van der Waals surface area contributed by atoms with Crippen LogP contribution in [0.1, 0.15) is 13.3 Å². The zero-order valence-corrected chi connectivity index (χ0v) is 11.6. The van der Waals surface area contributed by atoms with Gasteiger partial charge >= 0.3 is 5.97 Å². The van der Waals surface area contributed by atoms with Crippen LogP contribution in [0.5, 0.6) is 0 Å². The van der Waals surface area contributed by atoms with Crippen LogP contribution in [0.3, 0.4) is 0 Å². The van der Waals surface area contributed by atoms with Gasteiger partial charge in [0, 0.05) is 6.54 Å². The number of nitrogens with zero attached hydrogens (tertiary/aromatic N) is 4. The molecule has 110 valence electrons. The summed E-state index contributed by atoms with van der Waals surface area (Å²) in [7, 11) is 0. The topological polar surface area (TPSA) is 88.3 Å². The van der Waals surface area contributed by atoms with Crippen molar-refractivity contribution in [1.29, 1.82) is 0 Å². The number of rotatable bonds is 3. The predicted octanol–water partition coefficient (Wildman–Crippen LogP) is 0.544. The van der Waals surface area contributed by atoms with Crippen molar-refractivity contribution < 1.29 is 9.90 Å². The van der Waals surface area contributed by atoms with E-state index >= 15 is 0 Å². The lowest BCUT2D eigenvalue weighted by Crippen LogP contribution is -2.42. The summed E-state index contributed by atoms with van der Waals surface area (Å²) in [6.45, 7) is 2.70. The van der Waals surface area contributed by atoms with Crippen LogP contribution in [0.2, 0.25) is 0 Å². The van der Waals surface area contributed by atoms with Gasteiger partial charge in [-0.25, -0.2) is 0 Å². The van der Waals surface area contributed by atoms with Crippen molar-refractivity contribution in [3.05, 3.63) is 34.6 Å². The molecule has 2 heterocycles. The predicted molar refractivity (Wildman–Crippen MR) is 75.7 cm³/mol. The highest BCUT2D eigenvalue weighted by atomic mass is 16.4. The Morgan fingerprint density at radius 3 is 2.95 bits per heavy atom. The summed E-state index contributed by atoms with van der Waals surface area (Å²) in [6.07, 6.45) is 0.798. The van der Waals surface area contributed by atoms with Crippen LogP contribution in [0.4, 0.5) is 0 Å². The average Bonchev–Trinajstić information content (AvgIpc) is 2.83. The van der Waals surface area contributed by atoms with E-state index in [1.54, 1.807) is 29.2 Å². The zero-order valence-electron chi connectivity index (χ0n) is 11.6. The zero-order chi connectivity index (χ0) is 15.0. The Bertz CT molecular complexity index is 742. The molecule has 1 aliphatic rings. The highest BCUT2D eigenvalue weighted by Crippen LogP contribution is 2.24. The van der Waals surface area contributed by atoms with Crippen LogP contribution in [0, 0.1) is 5.92 Å². The Morgan fingerprint density at radius 1 is 1.43 bits per heavy atom. The van der Waals surface area contributed by atoms with Crippen molar-refractivity contribution in [1.82, 2.24) is 19.9 Å². The van der Waals surface area contributed by atoms with Crippen LogP contribution in [0.25, 0.3) is 10.9 Å². The average molecular weight is 288 g/mol. The third-order valence-corrected chi connectivity index (χ3v) is 4.00. The molecule has 21 heavy (non-hydrogen) atoms. The maximum Gasteiger partial charge on any atom is 0.321 e. The molecular weight excluding hydrogens is 272 g/mol. The molecule has 1 aromatic carbocycles. The smallest absolute Gasteiger partial charge is 0.321 e. The van der Waals surface area contributed by atoms with Gasteiger partial charge in [-0.15, -0.1) is 5.10 Å². The molecule has 2 atom stereocenters. The molecule has 2 aromatic rings. The SMILES string of the molecule is CC1CCN(Cn2nnc3ccccc3c2=O)C1C(=O)O. The fourth-order valence-electron chi connectivity index (χ4n) is 2.87. The van der Waals surface area contributed by atoms with Gasteiger partial charge in [0.2, 0.25) is 0 Å². The normalized spacial score (nSPS) is 22.7. The highest BCUT2D eigenvalue weighted by Gasteiger charge is 2.37. The van der Waals surface area contributed by atoms with Crippen molar-refractivity contribution in [3.63, 3.8) is 0 Å². The molecule has 1 fully saturated rings. The second kappa shape index (κ2) is 5.25. The number of benzene rings is 1. The molecule has 0 aliphatic carbocycles. The number of aliphatic carboxylic acids is 1. The van der Waals surface area contributed by atoms with Crippen LogP contribution in [0.15, 0.2) is 29.1 Å². The first-order chi connectivity index (χ1) is 10.1. The standard InChI is InChI=1S/C14H16N4O3/c1-9-6-7-17(12(9)14(20)21)8-18-13(19)10-4-2-3-5-11(10)15-16-18/h2-5,9,12H,6-8H2,1H3,(H,20,21). The van der Waals surface area contributed by atoms with Gasteiger partial charge in [-0.3, -0.25) is 14.5 Å². The Labute approximate surface area is 120 Å². The largest absolute Gasteiger partial charge is 0.480 e. The van der Waals surface area contributed by atoms with Crippen molar-refractivity contribution in [2.75, 3.05) is 6.54 Å². The third-order valence-electron chi connectivity index (χ3n) is 4.00. The summed E-state index contributed by atoms with van der Waals surface area (Å²) < 4.78 is 1.23. The number of hydrogen-bond donors (Lipinski definition) is 1. The molecule has 2 unspecified atom stereocenters. The molecule has 1 N–H and O–H groups in total. The number of aromatic nitrogens is 3. The fourth-order valence-corrected chi connectivity index (χ4v) is 2.87. The molecule has 7 nitrogen and oxygen atoms in total. The second-order valence-electron chi connectivity index (χ2n) is 5.41. The molecule has 1 saturated heterocycles. The Hall–Kier alpha value is -2.28. The Balaban J connectivity index is 1.93. The van der Waals surface area contributed by atoms with Crippen LogP contribution in [-0.4, -0.2) is 43.6 Å². The van der Waals surface area contributed by atoms with E-state index < -0.39 is 12.0 Å². The van der Waals surface area contributed by atoms with Gasteiger partial charge in [-0.05, 0) is 24.5 Å². The Kier molecular flexibility index (Phi) is 3.42. The van der Waals surface area contributed by atoms with Crippen LogP contribution < -0.4 is 5.56 Å². The second-order valence-corrected chi connectivity index (χ2v) is 5.41. The van der Waals surface area contributed by atoms with Gasteiger partial charge in [0.05, 0.1) is 12.1 Å². The summed E-state index contributed by atoms with van der Waals surface area (Å²) in [6, 6.07) is 6.41. The Morgan fingerprint density at radius 2 is 2.19 bits per heavy atom. The molecule has 1 aromatic heterocycles. The van der Waals surface area contributed by atoms with Gasteiger partial charge in [0.25, 0.3) is 5.56 Å². The van der Waals surface area contributed by atoms with Crippen molar-refractivity contribution >= 4 is 16.9 Å². The van der Waals surface area contributed by atoms with Gasteiger partial charge in [-0.1, -0.05) is 24.3 Å². The number of likely N-dealkylation sites (tertiary alicyclic amines) is 1. The first-order valence-electron chi connectivity index (χ1n) is 6.87. The van der Waals surface area contributed by atoms with Crippen molar-refractivity contribution in [2.24, 2.45) is 5.92 Å². The van der Waals surface area contributed by atoms with E-state index in [9.17, 15) is 14.7 Å². The lowest BCUT2D eigenvalue weighted by atomic mass is 10.0.